The SMILES string of the molecule is Cc1cn2cc(NC(=O)c3ccc(N4CC(C5CNC5)C4)c4cn(C)nc34)nc2c(C)n1. The molecular formula is C23H26N8O. The molecule has 0 radical (unpaired) electrons. The van der Waals surface area contributed by atoms with E-state index in [1.807, 2.05) is 50.0 Å². The molecule has 9 nitrogen and oxygen atoms in total. The van der Waals surface area contributed by atoms with Crippen LogP contribution in [0.1, 0.15) is 21.7 Å². The summed E-state index contributed by atoms with van der Waals surface area (Å²) < 4.78 is 3.67. The molecule has 1 aromatic carbocycles. The maximum Gasteiger partial charge on any atom is 0.259 e. The molecule has 2 fully saturated rings. The van der Waals surface area contributed by atoms with Crippen molar-refractivity contribution in [2.24, 2.45) is 18.9 Å². The Labute approximate surface area is 185 Å². The smallest absolute Gasteiger partial charge is 0.259 e. The Kier molecular flexibility index (Phi) is 4.23. The van der Waals surface area contributed by atoms with E-state index in [4.69, 9.17) is 0 Å². The van der Waals surface area contributed by atoms with E-state index in [2.05, 4.69) is 36.7 Å². The molecule has 164 valence electrons. The number of carbonyl (C=O) groups excluding carboxylic acids is 1. The molecule has 4 aromatic rings. The molecule has 0 atom stereocenters. The molecule has 0 saturated carbocycles. The van der Waals surface area contributed by atoms with Crippen molar-refractivity contribution in [3.8, 4) is 0 Å². The van der Waals surface area contributed by atoms with Gasteiger partial charge in [-0.25, -0.2) is 4.98 Å². The van der Waals surface area contributed by atoms with Gasteiger partial charge >= 0.3 is 0 Å². The Bertz CT molecular complexity index is 1360. The third-order valence-corrected chi connectivity index (χ3v) is 6.71. The minimum Gasteiger partial charge on any atom is -0.370 e. The Morgan fingerprint density at radius 2 is 1.91 bits per heavy atom. The average molecular weight is 431 g/mol. The van der Waals surface area contributed by atoms with Gasteiger partial charge in [-0.1, -0.05) is 0 Å². The van der Waals surface area contributed by atoms with Gasteiger partial charge in [0.25, 0.3) is 5.91 Å². The predicted molar refractivity (Wildman–Crippen MR) is 123 cm³/mol. The van der Waals surface area contributed by atoms with E-state index in [1.165, 1.54) is 0 Å². The first kappa shape index (κ1) is 19.2. The first-order valence-electron chi connectivity index (χ1n) is 11.0. The molecule has 0 bridgehead atoms. The van der Waals surface area contributed by atoms with E-state index in [9.17, 15) is 4.79 Å². The lowest BCUT2D eigenvalue weighted by Gasteiger charge is -2.48. The largest absolute Gasteiger partial charge is 0.370 e. The number of amides is 1. The van der Waals surface area contributed by atoms with Gasteiger partial charge in [0, 0.05) is 43.6 Å². The molecule has 6 rings (SSSR count). The molecule has 2 N–H and O–H groups in total. The van der Waals surface area contributed by atoms with Crippen molar-refractivity contribution in [1.29, 1.82) is 0 Å². The second-order valence-corrected chi connectivity index (χ2v) is 9.06. The minimum atomic E-state index is -0.215. The zero-order valence-electron chi connectivity index (χ0n) is 18.5. The van der Waals surface area contributed by atoms with Crippen molar-refractivity contribution < 1.29 is 4.79 Å². The van der Waals surface area contributed by atoms with Crippen LogP contribution in [0.4, 0.5) is 11.5 Å². The number of benzene rings is 1. The number of rotatable bonds is 4. The molecule has 2 aliphatic heterocycles. The number of anilines is 2. The monoisotopic (exact) mass is 430 g/mol. The molecule has 5 heterocycles. The first-order chi connectivity index (χ1) is 15.5. The summed E-state index contributed by atoms with van der Waals surface area (Å²) in [5.74, 6) is 1.84. The van der Waals surface area contributed by atoms with Gasteiger partial charge < -0.3 is 19.9 Å². The van der Waals surface area contributed by atoms with Crippen LogP contribution in [0, 0.1) is 25.7 Å². The highest BCUT2D eigenvalue weighted by Gasteiger charge is 2.37. The maximum absolute atomic E-state index is 13.2. The lowest BCUT2D eigenvalue weighted by atomic mass is 9.81. The predicted octanol–water partition coefficient (Wildman–Crippen LogP) is 2.14. The van der Waals surface area contributed by atoms with Crippen molar-refractivity contribution in [3.05, 3.63) is 47.7 Å². The van der Waals surface area contributed by atoms with Gasteiger partial charge in [0.15, 0.2) is 11.5 Å². The highest BCUT2D eigenvalue weighted by Crippen LogP contribution is 2.36. The van der Waals surface area contributed by atoms with Gasteiger partial charge in [-0.3, -0.25) is 14.5 Å². The molecular weight excluding hydrogens is 404 g/mol. The Balaban J connectivity index is 1.29. The number of nitrogens with one attached hydrogen (secondary N) is 2. The Morgan fingerprint density at radius 1 is 1.09 bits per heavy atom. The van der Waals surface area contributed by atoms with Crippen molar-refractivity contribution in [2.45, 2.75) is 13.8 Å². The third-order valence-electron chi connectivity index (χ3n) is 6.71. The van der Waals surface area contributed by atoms with Crippen LogP contribution in [0.15, 0.2) is 30.7 Å². The van der Waals surface area contributed by atoms with Crippen molar-refractivity contribution >= 4 is 34.0 Å². The van der Waals surface area contributed by atoms with E-state index in [0.717, 1.165) is 66.1 Å². The van der Waals surface area contributed by atoms with Gasteiger partial charge in [-0.2, -0.15) is 5.10 Å². The second kappa shape index (κ2) is 7.03. The molecule has 32 heavy (non-hydrogen) atoms. The molecule has 3 aromatic heterocycles. The van der Waals surface area contributed by atoms with Gasteiger partial charge in [0.2, 0.25) is 0 Å². The fraction of sp³-hybridized carbons (Fsp3) is 0.391. The molecule has 0 spiro atoms. The van der Waals surface area contributed by atoms with Crippen LogP contribution in [0.2, 0.25) is 0 Å². The number of hydrogen-bond donors (Lipinski definition) is 2. The van der Waals surface area contributed by atoms with Gasteiger partial charge in [0.05, 0.1) is 23.1 Å². The standard InChI is InChI=1S/C23H26N8O/c1-13-8-31-12-20(26-22(31)14(2)25-13)27-23(32)17-4-5-19(18-11-29(3)28-21(17)18)30-9-16(10-30)15-6-24-7-15/h4-5,8,11-12,15-16,24H,6-7,9-10H2,1-3H3,(H,27,32). The quantitative estimate of drug-likeness (QED) is 0.515. The van der Waals surface area contributed by atoms with Crippen LogP contribution in [0.5, 0.6) is 0 Å². The topological polar surface area (TPSA) is 92.4 Å². The minimum absolute atomic E-state index is 0.215. The molecule has 2 saturated heterocycles. The highest BCUT2D eigenvalue weighted by atomic mass is 16.1. The fourth-order valence-corrected chi connectivity index (χ4v) is 4.86. The van der Waals surface area contributed by atoms with Crippen molar-refractivity contribution in [3.63, 3.8) is 0 Å². The summed E-state index contributed by atoms with van der Waals surface area (Å²) in [5, 5.41) is 11.9. The van der Waals surface area contributed by atoms with Gasteiger partial charge in [-0.05, 0) is 50.9 Å². The van der Waals surface area contributed by atoms with E-state index in [0.29, 0.717) is 16.9 Å². The first-order valence-corrected chi connectivity index (χ1v) is 11.0. The summed E-state index contributed by atoms with van der Waals surface area (Å²) in [7, 11) is 1.89. The number of imidazole rings is 1. The van der Waals surface area contributed by atoms with Crippen molar-refractivity contribution in [1.82, 2.24) is 29.5 Å². The molecule has 2 aliphatic rings. The van der Waals surface area contributed by atoms with Crippen LogP contribution in [0.3, 0.4) is 0 Å². The van der Waals surface area contributed by atoms with Crippen LogP contribution < -0.4 is 15.5 Å². The summed E-state index contributed by atoms with van der Waals surface area (Å²) in [6, 6.07) is 3.93. The number of carbonyl (C=O) groups is 1. The summed E-state index contributed by atoms with van der Waals surface area (Å²) >= 11 is 0. The van der Waals surface area contributed by atoms with Crippen LogP contribution in [-0.4, -0.2) is 56.2 Å². The van der Waals surface area contributed by atoms with Crippen LogP contribution in [0.25, 0.3) is 16.6 Å². The summed E-state index contributed by atoms with van der Waals surface area (Å²) in [6.45, 7) is 8.26. The van der Waals surface area contributed by atoms with Crippen LogP contribution in [-0.2, 0) is 7.05 Å². The number of aryl methyl sites for hydroxylation is 3. The highest BCUT2D eigenvalue weighted by molar-refractivity contribution is 6.13. The van der Waals surface area contributed by atoms with E-state index in [1.54, 1.807) is 4.68 Å². The normalized spacial score (nSPS) is 17.0. The fourth-order valence-electron chi connectivity index (χ4n) is 4.86. The molecule has 0 unspecified atom stereocenters. The van der Waals surface area contributed by atoms with Crippen LogP contribution >= 0.6 is 0 Å². The van der Waals surface area contributed by atoms with E-state index >= 15 is 0 Å². The zero-order chi connectivity index (χ0) is 22.0. The van der Waals surface area contributed by atoms with Gasteiger partial charge in [-0.15, -0.1) is 0 Å². The van der Waals surface area contributed by atoms with E-state index < -0.39 is 0 Å². The third kappa shape index (κ3) is 3.03. The number of nitrogens with zero attached hydrogens (tertiary/aromatic N) is 6. The lowest BCUT2D eigenvalue weighted by Crippen LogP contribution is -2.58. The van der Waals surface area contributed by atoms with E-state index in [-0.39, 0.29) is 5.91 Å². The number of hydrogen-bond acceptors (Lipinski definition) is 6. The number of aromatic nitrogens is 5. The summed E-state index contributed by atoms with van der Waals surface area (Å²) in [6.07, 6.45) is 5.72. The molecule has 0 aliphatic carbocycles. The molecule has 1 amide bonds. The Morgan fingerprint density at radius 3 is 2.66 bits per heavy atom. The summed E-state index contributed by atoms with van der Waals surface area (Å²) in [5.41, 5.74) is 4.88. The zero-order valence-corrected chi connectivity index (χ0v) is 18.5. The Hall–Kier alpha value is -3.46. The second-order valence-electron chi connectivity index (χ2n) is 9.06. The molecule has 9 heteroatoms. The summed E-state index contributed by atoms with van der Waals surface area (Å²) in [4.78, 5) is 24.6. The number of fused-ring (bicyclic) bond motifs is 2. The average Bonchev–Trinajstić information content (AvgIpc) is 3.24. The van der Waals surface area contributed by atoms with Gasteiger partial charge in [0.1, 0.15) is 5.52 Å². The lowest BCUT2D eigenvalue weighted by molar-refractivity contribution is 0.102. The maximum atomic E-state index is 13.2. The van der Waals surface area contributed by atoms with Crippen molar-refractivity contribution in [2.75, 3.05) is 36.4 Å².